The highest BCUT2D eigenvalue weighted by Gasteiger charge is 2.08. The van der Waals surface area contributed by atoms with Gasteiger partial charge < -0.3 is 10.5 Å². The van der Waals surface area contributed by atoms with Gasteiger partial charge in [-0.2, -0.15) is 0 Å². The number of para-hydroxylation sites is 1. The Labute approximate surface area is 137 Å². The summed E-state index contributed by atoms with van der Waals surface area (Å²) in [5.74, 6) is 1.65. The van der Waals surface area contributed by atoms with Crippen molar-refractivity contribution in [1.29, 1.82) is 0 Å². The SMILES string of the molecule is Nc1ccc(Oc2ccccc2-c2ccccc2)c(I)c1. The van der Waals surface area contributed by atoms with Crippen LogP contribution in [-0.2, 0) is 0 Å². The highest BCUT2D eigenvalue weighted by molar-refractivity contribution is 14.1. The van der Waals surface area contributed by atoms with Crippen molar-refractivity contribution < 1.29 is 4.74 Å². The topological polar surface area (TPSA) is 35.2 Å². The lowest BCUT2D eigenvalue weighted by Gasteiger charge is -2.12. The summed E-state index contributed by atoms with van der Waals surface area (Å²) in [6.45, 7) is 0. The van der Waals surface area contributed by atoms with Crippen LogP contribution in [0.5, 0.6) is 11.5 Å². The summed E-state index contributed by atoms with van der Waals surface area (Å²) in [6.07, 6.45) is 0. The van der Waals surface area contributed by atoms with Gasteiger partial charge in [-0.25, -0.2) is 0 Å². The molecule has 0 bridgehead atoms. The maximum Gasteiger partial charge on any atom is 0.140 e. The van der Waals surface area contributed by atoms with Crippen molar-refractivity contribution in [3.63, 3.8) is 0 Å². The number of halogens is 1. The van der Waals surface area contributed by atoms with Gasteiger partial charge in [0.2, 0.25) is 0 Å². The van der Waals surface area contributed by atoms with Gasteiger partial charge in [0.05, 0.1) is 3.57 Å². The van der Waals surface area contributed by atoms with E-state index in [4.69, 9.17) is 10.5 Å². The van der Waals surface area contributed by atoms with Crippen molar-refractivity contribution in [2.24, 2.45) is 0 Å². The number of hydrogen-bond donors (Lipinski definition) is 1. The first-order valence-electron chi connectivity index (χ1n) is 6.61. The fraction of sp³-hybridized carbons (Fsp3) is 0. The van der Waals surface area contributed by atoms with Crippen LogP contribution in [0.2, 0.25) is 0 Å². The Morgan fingerprint density at radius 2 is 1.48 bits per heavy atom. The second-order valence-corrected chi connectivity index (χ2v) is 5.82. The molecule has 0 radical (unpaired) electrons. The van der Waals surface area contributed by atoms with E-state index in [1.165, 1.54) is 0 Å². The maximum absolute atomic E-state index is 6.09. The standard InChI is InChI=1S/C18H14INO/c19-16-12-14(20)10-11-18(16)21-17-9-5-4-8-15(17)13-6-2-1-3-7-13/h1-12H,20H2. The molecule has 3 aromatic carbocycles. The number of rotatable bonds is 3. The van der Waals surface area contributed by atoms with E-state index in [9.17, 15) is 0 Å². The molecule has 0 amide bonds. The molecule has 2 nitrogen and oxygen atoms in total. The molecule has 0 saturated carbocycles. The highest BCUT2D eigenvalue weighted by atomic mass is 127. The molecule has 0 spiro atoms. The second kappa shape index (κ2) is 6.18. The fourth-order valence-electron chi connectivity index (χ4n) is 2.13. The van der Waals surface area contributed by atoms with E-state index in [1.807, 2.05) is 54.6 Å². The van der Waals surface area contributed by atoms with Crippen LogP contribution >= 0.6 is 22.6 Å². The molecule has 0 unspecified atom stereocenters. The van der Waals surface area contributed by atoms with Gasteiger partial charge in [0, 0.05) is 11.3 Å². The van der Waals surface area contributed by atoms with E-state index >= 15 is 0 Å². The van der Waals surface area contributed by atoms with Crippen LogP contribution in [-0.4, -0.2) is 0 Å². The highest BCUT2D eigenvalue weighted by Crippen LogP contribution is 2.35. The molecular weight excluding hydrogens is 373 g/mol. The minimum absolute atomic E-state index is 0.739. The molecule has 0 aliphatic carbocycles. The summed E-state index contributed by atoms with van der Waals surface area (Å²) in [7, 11) is 0. The van der Waals surface area contributed by atoms with Crippen molar-refractivity contribution in [2.45, 2.75) is 0 Å². The van der Waals surface area contributed by atoms with Crippen molar-refractivity contribution >= 4 is 28.3 Å². The van der Waals surface area contributed by atoms with Crippen molar-refractivity contribution in [3.05, 3.63) is 76.4 Å². The van der Waals surface area contributed by atoms with E-state index in [-0.39, 0.29) is 0 Å². The first kappa shape index (κ1) is 13.9. The van der Waals surface area contributed by atoms with Crippen LogP contribution in [0.4, 0.5) is 5.69 Å². The zero-order valence-corrected chi connectivity index (χ0v) is 13.4. The molecule has 3 aromatic rings. The third-order valence-corrected chi connectivity index (χ3v) is 3.99. The van der Waals surface area contributed by atoms with Gasteiger partial charge >= 0.3 is 0 Å². The summed E-state index contributed by atoms with van der Waals surface area (Å²) in [4.78, 5) is 0. The summed E-state index contributed by atoms with van der Waals surface area (Å²) < 4.78 is 7.08. The lowest BCUT2D eigenvalue weighted by molar-refractivity contribution is 0.481. The molecule has 0 aromatic heterocycles. The van der Waals surface area contributed by atoms with Crippen LogP contribution in [0.15, 0.2) is 72.8 Å². The van der Waals surface area contributed by atoms with E-state index in [0.29, 0.717) is 0 Å². The van der Waals surface area contributed by atoms with Gasteiger partial charge in [-0.1, -0.05) is 48.5 Å². The molecule has 3 heteroatoms. The maximum atomic E-state index is 6.09. The predicted octanol–water partition coefficient (Wildman–Crippen LogP) is 5.33. The van der Waals surface area contributed by atoms with Gasteiger partial charge in [-0.15, -0.1) is 0 Å². The quantitative estimate of drug-likeness (QED) is 0.487. The Morgan fingerprint density at radius 1 is 0.762 bits per heavy atom. The molecule has 0 saturated heterocycles. The average molecular weight is 387 g/mol. The molecule has 2 N–H and O–H groups in total. The Morgan fingerprint density at radius 3 is 2.24 bits per heavy atom. The van der Waals surface area contributed by atoms with Gasteiger partial charge in [0.25, 0.3) is 0 Å². The monoisotopic (exact) mass is 387 g/mol. The molecule has 104 valence electrons. The first-order valence-corrected chi connectivity index (χ1v) is 7.69. The Balaban J connectivity index is 2.00. The van der Waals surface area contributed by atoms with Crippen LogP contribution < -0.4 is 10.5 Å². The van der Waals surface area contributed by atoms with E-state index in [1.54, 1.807) is 0 Å². The number of nitrogen functional groups attached to an aromatic ring is 1. The lowest BCUT2D eigenvalue weighted by atomic mass is 10.1. The van der Waals surface area contributed by atoms with Crippen molar-refractivity contribution in [2.75, 3.05) is 5.73 Å². The Kier molecular flexibility index (Phi) is 4.10. The number of hydrogen-bond acceptors (Lipinski definition) is 2. The van der Waals surface area contributed by atoms with Gasteiger partial charge in [-0.3, -0.25) is 0 Å². The van der Waals surface area contributed by atoms with Gasteiger partial charge in [-0.05, 0) is 52.4 Å². The van der Waals surface area contributed by atoms with Gasteiger partial charge in [0.15, 0.2) is 0 Å². The summed E-state index contributed by atoms with van der Waals surface area (Å²) in [6, 6.07) is 23.9. The van der Waals surface area contributed by atoms with Crippen LogP contribution in [0, 0.1) is 3.57 Å². The first-order chi connectivity index (χ1) is 10.2. The van der Waals surface area contributed by atoms with E-state index in [0.717, 1.165) is 31.9 Å². The molecular formula is C18H14INO. The molecule has 21 heavy (non-hydrogen) atoms. The van der Waals surface area contributed by atoms with Crippen LogP contribution in [0.3, 0.4) is 0 Å². The minimum Gasteiger partial charge on any atom is -0.456 e. The Bertz CT molecular complexity index is 756. The zero-order valence-electron chi connectivity index (χ0n) is 11.3. The summed E-state index contributed by atoms with van der Waals surface area (Å²) >= 11 is 2.23. The van der Waals surface area contributed by atoms with Crippen molar-refractivity contribution in [1.82, 2.24) is 0 Å². The summed E-state index contributed by atoms with van der Waals surface area (Å²) in [5, 5.41) is 0. The van der Waals surface area contributed by atoms with Crippen molar-refractivity contribution in [3.8, 4) is 22.6 Å². The normalized spacial score (nSPS) is 10.3. The second-order valence-electron chi connectivity index (χ2n) is 4.65. The number of nitrogens with two attached hydrogens (primary N) is 1. The zero-order chi connectivity index (χ0) is 14.7. The van der Waals surface area contributed by atoms with Crippen LogP contribution in [0.1, 0.15) is 0 Å². The molecule has 0 aliphatic rings. The number of anilines is 1. The summed E-state index contributed by atoms with van der Waals surface area (Å²) in [5.41, 5.74) is 8.73. The largest absolute Gasteiger partial charge is 0.456 e. The molecule has 3 rings (SSSR count). The number of ether oxygens (including phenoxy) is 1. The molecule has 0 atom stereocenters. The fourth-order valence-corrected chi connectivity index (χ4v) is 2.78. The van der Waals surface area contributed by atoms with Crippen LogP contribution in [0.25, 0.3) is 11.1 Å². The minimum atomic E-state index is 0.739. The third kappa shape index (κ3) is 3.19. The molecule has 0 aliphatic heterocycles. The van der Waals surface area contributed by atoms with E-state index < -0.39 is 0 Å². The third-order valence-electron chi connectivity index (χ3n) is 3.15. The molecule has 0 fully saturated rings. The van der Waals surface area contributed by atoms with Gasteiger partial charge in [0.1, 0.15) is 11.5 Å². The predicted molar refractivity (Wildman–Crippen MR) is 95.5 cm³/mol. The number of benzene rings is 3. The smallest absolute Gasteiger partial charge is 0.140 e. The average Bonchev–Trinajstić information content (AvgIpc) is 2.51. The van der Waals surface area contributed by atoms with E-state index in [2.05, 4.69) is 40.8 Å². The molecule has 0 heterocycles. The Hall–Kier alpha value is -2.01. The lowest BCUT2D eigenvalue weighted by Crippen LogP contribution is -1.92.